The van der Waals surface area contributed by atoms with E-state index < -0.39 is 0 Å². The van der Waals surface area contributed by atoms with Crippen LogP contribution in [0.15, 0.2) is 24.3 Å². The van der Waals surface area contributed by atoms with Crippen molar-refractivity contribution in [2.24, 2.45) is 5.92 Å². The van der Waals surface area contributed by atoms with Crippen molar-refractivity contribution in [3.05, 3.63) is 35.4 Å². The normalized spacial score (nSPS) is 18.4. The molecule has 2 N–H and O–H groups in total. The lowest BCUT2D eigenvalue weighted by Crippen LogP contribution is -2.45. The minimum atomic E-state index is -0.0251. The topological polar surface area (TPSA) is 53.6 Å². The maximum Gasteiger partial charge on any atom is 0.224 e. The van der Waals surface area contributed by atoms with Crippen LogP contribution in [0.4, 0.5) is 0 Å². The summed E-state index contributed by atoms with van der Waals surface area (Å²) in [5, 5.41) is 6.17. The van der Waals surface area contributed by atoms with Crippen molar-refractivity contribution in [3.8, 4) is 0 Å². The Morgan fingerprint density at radius 2 is 2.04 bits per heavy atom. The number of carbonyl (C=O) groups is 1. The predicted octanol–water partition coefficient (Wildman–Crippen LogP) is 1.34. The number of morpholine rings is 1. The van der Waals surface area contributed by atoms with Gasteiger partial charge in [-0.2, -0.15) is 0 Å². The Balaban J connectivity index is 2.06. The molecule has 5 nitrogen and oxygen atoms in total. The summed E-state index contributed by atoms with van der Waals surface area (Å²) in [6, 6.07) is 8.75. The first kappa shape index (κ1) is 17.9. The first-order valence-corrected chi connectivity index (χ1v) is 8.42. The van der Waals surface area contributed by atoms with Crippen LogP contribution < -0.4 is 10.6 Å². The van der Waals surface area contributed by atoms with Gasteiger partial charge >= 0.3 is 0 Å². The molecule has 0 saturated carbocycles. The van der Waals surface area contributed by atoms with E-state index >= 15 is 0 Å². The van der Waals surface area contributed by atoms with E-state index in [4.69, 9.17) is 4.74 Å². The van der Waals surface area contributed by atoms with E-state index in [1.54, 1.807) is 0 Å². The van der Waals surface area contributed by atoms with Gasteiger partial charge in [0.05, 0.1) is 19.3 Å². The van der Waals surface area contributed by atoms with Crippen LogP contribution in [0, 0.1) is 12.8 Å². The zero-order chi connectivity index (χ0) is 16.7. The average Bonchev–Trinajstić information content (AvgIpc) is 2.56. The number of aryl methyl sites for hydroxylation is 1. The molecule has 0 aliphatic carbocycles. The molecule has 1 saturated heterocycles. The highest BCUT2D eigenvalue weighted by atomic mass is 16.5. The fourth-order valence-electron chi connectivity index (χ4n) is 2.99. The van der Waals surface area contributed by atoms with Crippen LogP contribution in [0.5, 0.6) is 0 Å². The number of nitrogens with zero attached hydrogens (tertiary/aromatic N) is 1. The molecule has 1 aromatic carbocycles. The highest BCUT2D eigenvalue weighted by Crippen LogP contribution is 2.22. The monoisotopic (exact) mass is 319 g/mol. The van der Waals surface area contributed by atoms with Gasteiger partial charge in [-0.1, -0.05) is 36.8 Å². The minimum Gasteiger partial charge on any atom is -0.379 e. The number of hydrogen-bond acceptors (Lipinski definition) is 4. The minimum absolute atomic E-state index is 0.0251. The molecule has 23 heavy (non-hydrogen) atoms. The molecule has 1 amide bonds. The third-order valence-corrected chi connectivity index (χ3v) is 4.34. The van der Waals surface area contributed by atoms with Gasteiger partial charge in [0.25, 0.3) is 0 Å². The van der Waals surface area contributed by atoms with Gasteiger partial charge in [-0.15, -0.1) is 0 Å². The van der Waals surface area contributed by atoms with Crippen LogP contribution in [0.2, 0.25) is 0 Å². The number of hydrogen-bond donors (Lipinski definition) is 2. The molecule has 128 valence electrons. The van der Waals surface area contributed by atoms with Gasteiger partial charge in [-0.3, -0.25) is 9.69 Å². The molecule has 0 bridgehead atoms. The molecule has 0 spiro atoms. The molecule has 2 rings (SSSR count). The van der Waals surface area contributed by atoms with Gasteiger partial charge in [0.1, 0.15) is 0 Å². The van der Waals surface area contributed by atoms with Crippen molar-refractivity contribution in [3.63, 3.8) is 0 Å². The van der Waals surface area contributed by atoms with Gasteiger partial charge in [0.15, 0.2) is 0 Å². The Labute approximate surface area is 139 Å². The largest absolute Gasteiger partial charge is 0.379 e. The summed E-state index contributed by atoms with van der Waals surface area (Å²) in [5.41, 5.74) is 2.50. The molecule has 0 radical (unpaired) electrons. The smallest absolute Gasteiger partial charge is 0.224 e. The van der Waals surface area contributed by atoms with E-state index in [9.17, 15) is 4.79 Å². The number of nitrogens with one attached hydrogen (secondary N) is 2. The second-order valence-corrected chi connectivity index (χ2v) is 6.28. The Morgan fingerprint density at radius 1 is 1.30 bits per heavy atom. The molecular weight excluding hydrogens is 290 g/mol. The fourth-order valence-corrected chi connectivity index (χ4v) is 2.99. The number of rotatable bonds is 7. The second-order valence-electron chi connectivity index (χ2n) is 6.28. The molecule has 1 heterocycles. The Hall–Kier alpha value is -1.43. The summed E-state index contributed by atoms with van der Waals surface area (Å²) < 4.78 is 5.47. The molecule has 1 aromatic rings. The number of amides is 1. The second kappa shape index (κ2) is 9.01. The summed E-state index contributed by atoms with van der Waals surface area (Å²) >= 11 is 0. The maximum absolute atomic E-state index is 12.2. The molecule has 1 fully saturated rings. The van der Waals surface area contributed by atoms with E-state index in [0.717, 1.165) is 26.3 Å². The molecular formula is C18H29N3O2. The van der Waals surface area contributed by atoms with Gasteiger partial charge in [-0.25, -0.2) is 0 Å². The lowest BCUT2D eigenvalue weighted by atomic mass is 10.0. The first-order chi connectivity index (χ1) is 11.1. The summed E-state index contributed by atoms with van der Waals surface area (Å²) in [6.45, 7) is 8.70. The highest BCUT2D eigenvalue weighted by molar-refractivity contribution is 5.78. The van der Waals surface area contributed by atoms with Crippen LogP contribution in [0.25, 0.3) is 0 Å². The summed E-state index contributed by atoms with van der Waals surface area (Å²) in [5.74, 6) is 0.0770. The lowest BCUT2D eigenvalue weighted by molar-refractivity contribution is -0.124. The van der Waals surface area contributed by atoms with Crippen molar-refractivity contribution in [2.45, 2.75) is 19.9 Å². The van der Waals surface area contributed by atoms with Crippen molar-refractivity contribution >= 4 is 5.91 Å². The van der Waals surface area contributed by atoms with E-state index in [2.05, 4.69) is 46.7 Å². The third-order valence-electron chi connectivity index (χ3n) is 4.34. The molecule has 0 aromatic heterocycles. The molecule has 5 heteroatoms. The van der Waals surface area contributed by atoms with Gasteiger partial charge in [0, 0.05) is 32.1 Å². The Morgan fingerprint density at radius 3 is 2.70 bits per heavy atom. The first-order valence-electron chi connectivity index (χ1n) is 8.42. The summed E-state index contributed by atoms with van der Waals surface area (Å²) in [4.78, 5) is 14.6. The molecule has 2 unspecified atom stereocenters. The summed E-state index contributed by atoms with van der Waals surface area (Å²) in [6.07, 6.45) is 0. The molecule has 1 aliphatic heterocycles. The number of ether oxygens (including phenoxy) is 1. The van der Waals surface area contributed by atoms with E-state index in [-0.39, 0.29) is 17.9 Å². The van der Waals surface area contributed by atoms with Crippen LogP contribution >= 0.6 is 0 Å². The van der Waals surface area contributed by atoms with Gasteiger partial charge in [-0.05, 0) is 19.5 Å². The quantitative estimate of drug-likeness (QED) is 0.796. The van der Waals surface area contributed by atoms with Crippen LogP contribution in [0.1, 0.15) is 24.1 Å². The van der Waals surface area contributed by atoms with Gasteiger partial charge < -0.3 is 15.4 Å². The van der Waals surface area contributed by atoms with Crippen molar-refractivity contribution in [2.75, 3.05) is 46.4 Å². The average molecular weight is 319 g/mol. The zero-order valence-corrected chi connectivity index (χ0v) is 14.5. The number of benzene rings is 1. The van der Waals surface area contributed by atoms with Gasteiger partial charge in [0.2, 0.25) is 5.91 Å². The Kier molecular flexibility index (Phi) is 7.02. The maximum atomic E-state index is 12.2. The van der Waals surface area contributed by atoms with Crippen molar-refractivity contribution in [1.82, 2.24) is 15.5 Å². The summed E-state index contributed by atoms with van der Waals surface area (Å²) in [7, 11) is 1.87. The Bertz CT molecular complexity index is 501. The van der Waals surface area contributed by atoms with E-state index in [1.165, 1.54) is 11.1 Å². The third kappa shape index (κ3) is 5.30. The highest BCUT2D eigenvalue weighted by Gasteiger charge is 2.24. The van der Waals surface area contributed by atoms with Crippen LogP contribution in [-0.4, -0.2) is 57.2 Å². The molecule has 1 aliphatic rings. The fraction of sp³-hybridized carbons (Fsp3) is 0.611. The number of carbonyl (C=O) groups excluding carboxylic acids is 1. The van der Waals surface area contributed by atoms with E-state index in [0.29, 0.717) is 13.1 Å². The SMILES string of the molecule is CNCC(C)C(=O)NCC(c1cccc(C)c1)N1CCOCC1. The van der Waals surface area contributed by atoms with Crippen molar-refractivity contribution in [1.29, 1.82) is 0 Å². The molecule has 2 atom stereocenters. The predicted molar refractivity (Wildman–Crippen MR) is 92.4 cm³/mol. The zero-order valence-electron chi connectivity index (χ0n) is 14.5. The van der Waals surface area contributed by atoms with E-state index in [1.807, 2.05) is 14.0 Å². The van der Waals surface area contributed by atoms with Crippen LogP contribution in [-0.2, 0) is 9.53 Å². The lowest BCUT2D eigenvalue weighted by Gasteiger charge is -2.35. The van der Waals surface area contributed by atoms with Crippen LogP contribution in [0.3, 0.4) is 0 Å². The van der Waals surface area contributed by atoms with Crippen molar-refractivity contribution < 1.29 is 9.53 Å². The standard InChI is InChI=1S/C18H29N3O2/c1-14-5-4-6-16(11-14)17(21-7-9-23-10-8-21)13-20-18(22)15(2)12-19-3/h4-6,11,15,17,19H,7-10,12-13H2,1-3H3,(H,20,22).